The second-order valence-electron chi connectivity index (χ2n) is 7.37. The molecule has 5 heteroatoms. The highest BCUT2D eigenvalue weighted by atomic mass is 16.6. The average molecular weight is 307 g/mol. The molecule has 0 fully saturated rings. The van der Waals surface area contributed by atoms with E-state index in [-0.39, 0.29) is 17.3 Å². The van der Waals surface area contributed by atoms with Crippen LogP contribution in [0.5, 0.6) is 11.5 Å². The maximum atomic E-state index is 11.8. The fourth-order valence-corrected chi connectivity index (χ4v) is 2.69. The van der Waals surface area contributed by atoms with E-state index in [0.717, 1.165) is 12.0 Å². The number of carbonyl (C=O) groups is 1. The molecule has 0 aliphatic carbocycles. The molecule has 0 bridgehead atoms. The molecule has 1 aliphatic rings. The Morgan fingerprint density at radius 1 is 1.45 bits per heavy atom. The second kappa shape index (κ2) is 5.71. The predicted molar refractivity (Wildman–Crippen MR) is 84.4 cm³/mol. The smallest absolute Gasteiger partial charge is 0.407 e. The summed E-state index contributed by atoms with van der Waals surface area (Å²) in [6.45, 7) is 9.98. The number of phenolic OH excluding ortho intramolecular Hbond substituents is 1. The minimum atomic E-state index is -0.511. The first kappa shape index (κ1) is 16.5. The summed E-state index contributed by atoms with van der Waals surface area (Å²) in [6.07, 6.45) is 0.359. The molecule has 1 aromatic rings. The van der Waals surface area contributed by atoms with Crippen molar-refractivity contribution in [1.29, 1.82) is 0 Å². The zero-order valence-electron chi connectivity index (χ0n) is 13.9. The van der Waals surface area contributed by atoms with Crippen LogP contribution in [0.3, 0.4) is 0 Å². The summed E-state index contributed by atoms with van der Waals surface area (Å²) in [4.78, 5) is 11.8. The summed E-state index contributed by atoms with van der Waals surface area (Å²) in [5, 5.41) is 12.4. The van der Waals surface area contributed by atoms with Gasteiger partial charge in [0.1, 0.15) is 22.7 Å². The molecule has 0 spiro atoms. The Hall–Kier alpha value is -1.91. The van der Waals surface area contributed by atoms with Gasteiger partial charge in [0.05, 0.1) is 0 Å². The highest BCUT2D eigenvalue weighted by Crippen LogP contribution is 2.41. The molecule has 0 saturated carbocycles. The molecule has 2 rings (SSSR count). The van der Waals surface area contributed by atoms with Crippen LogP contribution in [-0.4, -0.2) is 28.9 Å². The van der Waals surface area contributed by atoms with E-state index < -0.39 is 11.7 Å². The number of fused-ring (bicyclic) bond motifs is 1. The number of nitrogens with one attached hydrogen (secondary N) is 1. The van der Waals surface area contributed by atoms with Crippen LogP contribution in [0.4, 0.5) is 4.79 Å². The van der Waals surface area contributed by atoms with Crippen LogP contribution in [0.25, 0.3) is 0 Å². The lowest BCUT2D eigenvalue weighted by molar-refractivity contribution is 0.0484. The van der Waals surface area contributed by atoms with Crippen molar-refractivity contribution >= 4 is 6.09 Å². The van der Waals surface area contributed by atoms with Gasteiger partial charge in [-0.15, -0.1) is 0 Å². The first-order chi connectivity index (χ1) is 10.1. The molecular formula is C17H25NO4. The SMILES string of the molecule is CC(C)(C)OC(=O)NCC1CC(C)(C)Oc2cc(O)ccc21. The van der Waals surface area contributed by atoms with Crippen molar-refractivity contribution in [2.45, 2.75) is 58.2 Å². The standard InChI is InChI=1S/C17H25NO4/c1-16(2,3)22-15(20)18-10-11-9-17(4,5)21-14-8-12(19)6-7-13(11)14/h6-8,11,19H,9-10H2,1-5H3,(H,18,20). The number of ether oxygens (including phenoxy) is 2. The normalized spacial score (nSPS) is 19.8. The molecule has 1 aromatic carbocycles. The Kier molecular flexibility index (Phi) is 4.27. The summed E-state index contributed by atoms with van der Waals surface area (Å²) >= 11 is 0. The van der Waals surface area contributed by atoms with Gasteiger partial charge in [-0.25, -0.2) is 4.79 Å². The lowest BCUT2D eigenvalue weighted by Crippen LogP contribution is -2.40. The molecule has 1 unspecified atom stereocenters. The maximum absolute atomic E-state index is 11.8. The molecule has 122 valence electrons. The van der Waals surface area contributed by atoms with Crippen molar-refractivity contribution in [2.24, 2.45) is 0 Å². The summed E-state index contributed by atoms with van der Waals surface area (Å²) < 4.78 is 11.2. The number of hydrogen-bond acceptors (Lipinski definition) is 4. The van der Waals surface area contributed by atoms with Gasteiger partial charge in [-0.1, -0.05) is 6.07 Å². The molecule has 1 aliphatic heterocycles. The molecule has 1 atom stereocenters. The lowest BCUT2D eigenvalue weighted by Gasteiger charge is -2.37. The molecule has 0 saturated heterocycles. The van der Waals surface area contributed by atoms with Crippen molar-refractivity contribution in [1.82, 2.24) is 5.32 Å². The summed E-state index contributed by atoms with van der Waals surface area (Å²) in [5.74, 6) is 0.967. The number of benzene rings is 1. The minimum Gasteiger partial charge on any atom is -0.508 e. The highest BCUT2D eigenvalue weighted by molar-refractivity contribution is 5.67. The Bertz CT molecular complexity index is 560. The third-order valence-corrected chi connectivity index (χ3v) is 3.45. The number of alkyl carbamates (subject to hydrolysis) is 1. The number of aromatic hydroxyl groups is 1. The van der Waals surface area contributed by atoms with E-state index in [9.17, 15) is 9.90 Å². The van der Waals surface area contributed by atoms with Crippen molar-refractivity contribution in [3.63, 3.8) is 0 Å². The number of rotatable bonds is 2. The zero-order chi connectivity index (χ0) is 16.5. The minimum absolute atomic E-state index is 0.117. The topological polar surface area (TPSA) is 67.8 Å². The van der Waals surface area contributed by atoms with E-state index in [1.807, 2.05) is 40.7 Å². The van der Waals surface area contributed by atoms with E-state index in [1.54, 1.807) is 12.1 Å². The van der Waals surface area contributed by atoms with E-state index >= 15 is 0 Å². The van der Waals surface area contributed by atoms with E-state index in [2.05, 4.69) is 5.32 Å². The fraction of sp³-hybridized carbons (Fsp3) is 0.588. The van der Waals surface area contributed by atoms with Gasteiger partial charge in [0.25, 0.3) is 0 Å². The quantitative estimate of drug-likeness (QED) is 0.876. The van der Waals surface area contributed by atoms with Crippen LogP contribution in [0, 0.1) is 0 Å². The van der Waals surface area contributed by atoms with Gasteiger partial charge in [-0.05, 0) is 52.7 Å². The summed E-state index contributed by atoms with van der Waals surface area (Å²) in [6, 6.07) is 5.11. The molecule has 1 heterocycles. The van der Waals surface area contributed by atoms with Crippen LogP contribution in [0.2, 0.25) is 0 Å². The van der Waals surface area contributed by atoms with Crippen LogP contribution in [0.15, 0.2) is 18.2 Å². The number of amides is 1. The van der Waals surface area contributed by atoms with Crippen molar-refractivity contribution in [2.75, 3.05) is 6.54 Å². The first-order valence-corrected chi connectivity index (χ1v) is 7.54. The van der Waals surface area contributed by atoms with Crippen molar-refractivity contribution in [3.05, 3.63) is 23.8 Å². The Balaban J connectivity index is 2.10. The number of hydrogen-bond donors (Lipinski definition) is 2. The fourth-order valence-electron chi connectivity index (χ4n) is 2.69. The Morgan fingerprint density at radius 3 is 2.77 bits per heavy atom. The zero-order valence-corrected chi connectivity index (χ0v) is 13.9. The largest absolute Gasteiger partial charge is 0.508 e. The summed E-state index contributed by atoms with van der Waals surface area (Å²) in [5.41, 5.74) is 0.136. The molecule has 2 N–H and O–H groups in total. The van der Waals surface area contributed by atoms with Gasteiger partial charge in [0.15, 0.2) is 0 Å². The van der Waals surface area contributed by atoms with E-state index in [4.69, 9.17) is 9.47 Å². The van der Waals surface area contributed by atoms with Gasteiger partial charge in [0, 0.05) is 18.5 Å². The first-order valence-electron chi connectivity index (χ1n) is 7.54. The van der Waals surface area contributed by atoms with E-state index in [0.29, 0.717) is 12.3 Å². The van der Waals surface area contributed by atoms with Gasteiger partial charge in [-0.3, -0.25) is 0 Å². The van der Waals surface area contributed by atoms with Gasteiger partial charge in [0.2, 0.25) is 0 Å². The molecule has 5 nitrogen and oxygen atoms in total. The predicted octanol–water partition coefficient (Wildman–Crippen LogP) is 3.56. The van der Waals surface area contributed by atoms with Crippen LogP contribution >= 0.6 is 0 Å². The highest BCUT2D eigenvalue weighted by Gasteiger charge is 2.34. The van der Waals surface area contributed by atoms with Crippen LogP contribution < -0.4 is 10.1 Å². The molecular weight excluding hydrogens is 282 g/mol. The second-order valence-corrected chi connectivity index (χ2v) is 7.37. The molecule has 1 amide bonds. The maximum Gasteiger partial charge on any atom is 0.407 e. The third kappa shape index (κ3) is 4.29. The van der Waals surface area contributed by atoms with Gasteiger partial charge in [-0.2, -0.15) is 0 Å². The van der Waals surface area contributed by atoms with E-state index in [1.165, 1.54) is 0 Å². The molecule has 0 radical (unpaired) electrons. The monoisotopic (exact) mass is 307 g/mol. The van der Waals surface area contributed by atoms with Crippen LogP contribution in [-0.2, 0) is 4.74 Å². The van der Waals surface area contributed by atoms with Gasteiger partial charge >= 0.3 is 6.09 Å². The average Bonchev–Trinajstić information content (AvgIpc) is 2.31. The van der Waals surface area contributed by atoms with Crippen molar-refractivity contribution < 1.29 is 19.4 Å². The summed E-state index contributed by atoms with van der Waals surface area (Å²) in [7, 11) is 0. The molecule has 22 heavy (non-hydrogen) atoms. The van der Waals surface area contributed by atoms with Gasteiger partial charge < -0.3 is 19.9 Å². The van der Waals surface area contributed by atoms with Crippen LogP contribution in [0.1, 0.15) is 52.5 Å². The Morgan fingerprint density at radius 2 is 2.14 bits per heavy atom. The Labute approximate surface area is 131 Å². The molecule has 0 aromatic heterocycles. The third-order valence-electron chi connectivity index (χ3n) is 3.45. The number of carbonyl (C=O) groups excluding carboxylic acids is 1. The number of phenols is 1. The lowest BCUT2D eigenvalue weighted by atomic mass is 9.84. The van der Waals surface area contributed by atoms with Crippen molar-refractivity contribution in [3.8, 4) is 11.5 Å².